The van der Waals surface area contributed by atoms with Crippen molar-refractivity contribution >= 4 is 19.1 Å². The highest BCUT2D eigenvalue weighted by atomic mass is 19.1. The molecule has 0 spiro atoms. The highest BCUT2D eigenvalue weighted by Gasteiger charge is 2.44. The van der Waals surface area contributed by atoms with Crippen LogP contribution in [0.15, 0.2) is 60.1 Å². The largest absolute Gasteiger partial charge is 0.383 e. The molecule has 7 heteroatoms. The Bertz CT molecular complexity index is 1010. The highest BCUT2D eigenvalue weighted by Crippen LogP contribution is 2.45. The van der Waals surface area contributed by atoms with Crippen LogP contribution in [0.3, 0.4) is 0 Å². The van der Waals surface area contributed by atoms with Gasteiger partial charge in [-0.15, -0.1) is 0 Å². The molecule has 0 radical (unpaired) electrons. The Morgan fingerprint density at radius 2 is 1.72 bits per heavy atom. The number of amidine groups is 1. The third-order valence-corrected chi connectivity index (χ3v) is 4.50. The fourth-order valence-corrected chi connectivity index (χ4v) is 3.35. The Balaban J connectivity index is 2.10. The van der Waals surface area contributed by atoms with E-state index in [1.54, 1.807) is 44.5 Å². The van der Waals surface area contributed by atoms with Crippen molar-refractivity contribution in [2.24, 2.45) is 10.7 Å². The fourth-order valence-electron chi connectivity index (χ4n) is 3.35. The van der Waals surface area contributed by atoms with E-state index in [9.17, 15) is 8.78 Å². The van der Waals surface area contributed by atoms with Gasteiger partial charge in [0.1, 0.15) is 37.2 Å². The summed E-state index contributed by atoms with van der Waals surface area (Å²) in [5.41, 5.74) is 7.57. The van der Waals surface area contributed by atoms with Crippen LogP contribution in [-0.4, -0.2) is 23.6 Å². The third kappa shape index (κ3) is 2.16. The van der Waals surface area contributed by atoms with Crippen molar-refractivity contribution in [2.45, 2.75) is 5.54 Å². The molecule has 0 fully saturated rings. The summed E-state index contributed by atoms with van der Waals surface area (Å²) in [6.45, 7) is 0. The first-order chi connectivity index (χ1) is 12.0. The quantitative estimate of drug-likeness (QED) is 0.712. The van der Waals surface area contributed by atoms with Gasteiger partial charge < -0.3 is 5.73 Å². The van der Waals surface area contributed by atoms with Crippen LogP contribution in [0, 0.1) is 11.6 Å². The smallest absolute Gasteiger partial charge is 0.143 e. The maximum atomic E-state index is 14.4. The van der Waals surface area contributed by atoms with E-state index < -0.39 is 11.4 Å². The van der Waals surface area contributed by atoms with Crippen LogP contribution in [0.25, 0.3) is 0 Å². The van der Waals surface area contributed by atoms with Gasteiger partial charge in [-0.3, -0.25) is 0 Å². The lowest BCUT2D eigenvalue weighted by atomic mass is 9.77. The number of aliphatic imine (C=N–C) groups is 1. The molecule has 2 heterocycles. The van der Waals surface area contributed by atoms with Gasteiger partial charge in [-0.1, -0.05) is 29.7 Å². The molecule has 1 aliphatic rings. The summed E-state index contributed by atoms with van der Waals surface area (Å²) in [5, 5.41) is 0. The van der Waals surface area contributed by atoms with Gasteiger partial charge in [-0.25, -0.2) is 23.7 Å². The minimum Gasteiger partial charge on any atom is -0.383 e. The summed E-state index contributed by atoms with van der Waals surface area (Å²) in [6.07, 6.45) is 4.63. The van der Waals surface area contributed by atoms with E-state index in [0.29, 0.717) is 22.2 Å². The number of aromatic nitrogens is 2. The minimum absolute atomic E-state index is 0.0962. The first-order valence-corrected chi connectivity index (χ1v) is 7.71. The van der Waals surface area contributed by atoms with Gasteiger partial charge in [0.15, 0.2) is 0 Å². The van der Waals surface area contributed by atoms with Gasteiger partial charge in [0.2, 0.25) is 0 Å². The summed E-state index contributed by atoms with van der Waals surface area (Å²) in [7, 11) is 1.67. The molecule has 25 heavy (non-hydrogen) atoms. The van der Waals surface area contributed by atoms with Crippen LogP contribution < -0.4 is 11.2 Å². The first-order valence-electron chi connectivity index (χ1n) is 7.71. The van der Waals surface area contributed by atoms with Crippen molar-refractivity contribution in [3.63, 3.8) is 0 Å². The third-order valence-electron chi connectivity index (χ3n) is 4.50. The zero-order valence-corrected chi connectivity index (χ0v) is 13.4. The number of benzene rings is 2. The normalized spacial score (nSPS) is 18.7. The standard InChI is InChI=1S/C18H13BF2N4/c19-13-6-10(4-5-14(13)20)18(11-7-23-9-24-8-11)12-2-1-3-15(21)16(12)17(22)25-18/h1-9H,19H2,(H2,22,25). The number of halogens is 2. The molecule has 0 amide bonds. The van der Waals surface area contributed by atoms with Crippen LogP contribution >= 0.6 is 0 Å². The van der Waals surface area contributed by atoms with E-state index in [1.807, 2.05) is 0 Å². The van der Waals surface area contributed by atoms with Crippen molar-refractivity contribution in [1.29, 1.82) is 0 Å². The molecule has 1 aromatic heterocycles. The number of hydrogen-bond donors (Lipinski definition) is 1. The predicted molar refractivity (Wildman–Crippen MR) is 93.6 cm³/mol. The van der Waals surface area contributed by atoms with Gasteiger partial charge in [0.25, 0.3) is 0 Å². The zero-order valence-electron chi connectivity index (χ0n) is 13.4. The van der Waals surface area contributed by atoms with Gasteiger partial charge in [-0.2, -0.15) is 0 Å². The topological polar surface area (TPSA) is 64.2 Å². The molecule has 2 N–H and O–H groups in total. The highest BCUT2D eigenvalue weighted by molar-refractivity contribution is 6.32. The Morgan fingerprint density at radius 1 is 0.960 bits per heavy atom. The number of nitrogens with zero attached hydrogens (tertiary/aromatic N) is 3. The molecular formula is C18H13BF2N4. The van der Waals surface area contributed by atoms with Crippen LogP contribution in [-0.2, 0) is 5.54 Å². The number of fused-ring (bicyclic) bond motifs is 1. The number of rotatable bonds is 2. The van der Waals surface area contributed by atoms with Crippen molar-refractivity contribution in [2.75, 3.05) is 0 Å². The Morgan fingerprint density at radius 3 is 2.44 bits per heavy atom. The molecule has 0 aliphatic carbocycles. The molecule has 0 saturated carbocycles. The Labute approximate surface area is 143 Å². The van der Waals surface area contributed by atoms with E-state index in [0.717, 1.165) is 0 Å². The molecular weight excluding hydrogens is 321 g/mol. The SMILES string of the molecule is Bc1cc(C2(c3cncnc3)N=C(N)c3c(F)cccc32)ccc1F. The Hall–Kier alpha value is -3.09. The second-order valence-electron chi connectivity index (χ2n) is 5.96. The lowest BCUT2D eigenvalue weighted by Gasteiger charge is -2.28. The van der Waals surface area contributed by atoms with E-state index in [4.69, 9.17) is 5.73 Å². The average molecular weight is 334 g/mol. The molecule has 122 valence electrons. The molecule has 0 bridgehead atoms. The maximum Gasteiger partial charge on any atom is 0.143 e. The molecule has 2 aromatic carbocycles. The van der Waals surface area contributed by atoms with Crippen molar-refractivity contribution < 1.29 is 8.78 Å². The molecule has 1 unspecified atom stereocenters. The second kappa shape index (κ2) is 5.48. The molecule has 4 rings (SSSR count). The van der Waals surface area contributed by atoms with Crippen molar-refractivity contribution in [1.82, 2.24) is 9.97 Å². The lowest BCUT2D eigenvalue weighted by molar-refractivity contribution is 0.611. The van der Waals surface area contributed by atoms with E-state index in [-0.39, 0.29) is 17.2 Å². The summed E-state index contributed by atoms with van der Waals surface area (Å²) < 4.78 is 28.2. The number of nitrogens with two attached hydrogens (primary N) is 1. The van der Waals surface area contributed by atoms with Gasteiger partial charge in [0.05, 0.1) is 5.56 Å². The summed E-state index contributed by atoms with van der Waals surface area (Å²) >= 11 is 0. The average Bonchev–Trinajstić information content (AvgIpc) is 2.93. The van der Waals surface area contributed by atoms with Gasteiger partial charge in [-0.05, 0) is 17.7 Å². The fraction of sp³-hybridized carbons (Fsp3) is 0.0556. The molecule has 1 aliphatic heterocycles. The summed E-state index contributed by atoms with van der Waals surface area (Å²) in [4.78, 5) is 12.8. The van der Waals surface area contributed by atoms with Crippen LogP contribution in [0.5, 0.6) is 0 Å². The summed E-state index contributed by atoms with van der Waals surface area (Å²) in [6, 6.07) is 9.42. The van der Waals surface area contributed by atoms with Crippen molar-refractivity contribution in [3.8, 4) is 0 Å². The first kappa shape index (κ1) is 15.4. The van der Waals surface area contributed by atoms with Crippen molar-refractivity contribution in [3.05, 3.63) is 89.0 Å². The number of hydrogen-bond acceptors (Lipinski definition) is 4. The monoisotopic (exact) mass is 334 g/mol. The maximum absolute atomic E-state index is 14.4. The van der Waals surface area contributed by atoms with E-state index in [1.165, 1.54) is 18.5 Å². The van der Waals surface area contributed by atoms with Gasteiger partial charge in [0, 0.05) is 23.5 Å². The minimum atomic E-state index is -1.11. The molecule has 1 atom stereocenters. The summed E-state index contributed by atoms with van der Waals surface area (Å²) in [5.74, 6) is -0.673. The lowest BCUT2D eigenvalue weighted by Crippen LogP contribution is -2.28. The van der Waals surface area contributed by atoms with Crippen LogP contribution in [0.1, 0.15) is 22.3 Å². The van der Waals surface area contributed by atoms with Gasteiger partial charge >= 0.3 is 0 Å². The second-order valence-corrected chi connectivity index (χ2v) is 5.96. The molecule has 0 saturated heterocycles. The predicted octanol–water partition coefficient (Wildman–Crippen LogP) is 1.02. The molecule has 4 nitrogen and oxygen atoms in total. The van der Waals surface area contributed by atoms with Crippen LogP contribution in [0.4, 0.5) is 8.78 Å². The Kier molecular flexibility index (Phi) is 3.38. The van der Waals surface area contributed by atoms with E-state index >= 15 is 0 Å². The van der Waals surface area contributed by atoms with Crippen LogP contribution in [0.2, 0.25) is 0 Å². The zero-order chi connectivity index (χ0) is 17.6. The van der Waals surface area contributed by atoms with E-state index in [2.05, 4.69) is 15.0 Å². The molecule has 3 aromatic rings.